The van der Waals surface area contributed by atoms with Gasteiger partial charge < -0.3 is 10.2 Å². The fraction of sp³-hybridized carbons (Fsp3) is 0.417. The van der Waals surface area contributed by atoms with E-state index < -0.39 is 5.54 Å². The topological polar surface area (TPSA) is 32.3 Å². The first-order valence-electron chi connectivity index (χ1n) is 5.35. The highest BCUT2D eigenvalue weighted by Gasteiger charge is 2.37. The van der Waals surface area contributed by atoms with Crippen LogP contribution in [0.2, 0.25) is 0 Å². The Bertz CT molecular complexity index is 443. The van der Waals surface area contributed by atoms with E-state index in [0.29, 0.717) is 6.54 Å². The van der Waals surface area contributed by atoms with Gasteiger partial charge >= 0.3 is 0 Å². The zero-order valence-electron chi connectivity index (χ0n) is 9.67. The summed E-state index contributed by atoms with van der Waals surface area (Å²) >= 11 is 3.44. The van der Waals surface area contributed by atoms with E-state index in [4.69, 9.17) is 0 Å². The fourth-order valence-corrected chi connectivity index (χ4v) is 2.36. The standard InChI is InChI=1S/C12H15BrN2O/c1-4-15-10-6-5-8(13)7-9(10)14-12(2,3)11(15)16/h5-7,14H,4H2,1-3H3. The molecule has 1 heterocycles. The van der Waals surface area contributed by atoms with Gasteiger partial charge in [-0.2, -0.15) is 0 Å². The summed E-state index contributed by atoms with van der Waals surface area (Å²) in [6.45, 7) is 6.49. The van der Waals surface area contributed by atoms with Gasteiger partial charge in [0.2, 0.25) is 0 Å². The number of hydrogen-bond acceptors (Lipinski definition) is 2. The molecule has 1 aliphatic rings. The van der Waals surface area contributed by atoms with E-state index in [1.165, 1.54) is 0 Å². The fourth-order valence-electron chi connectivity index (χ4n) is 1.99. The Hall–Kier alpha value is -1.03. The van der Waals surface area contributed by atoms with Gasteiger partial charge in [-0.05, 0) is 39.0 Å². The molecule has 0 unspecified atom stereocenters. The number of benzene rings is 1. The van der Waals surface area contributed by atoms with Crippen LogP contribution in [-0.4, -0.2) is 18.0 Å². The van der Waals surface area contributed by atoms with E-state index in [1.807, 2.05) is 43.9 Å². The minimum absolute atomic E-state index is 0.116. The lowest BCUT2D eigenvalue weighted by atomic mass is 9.98. The quantitative estimate of drug-likeness (QED) is 0.859. The van der Waals surface area contributed by atoms with Crippen LogP contribution in [0.15, 0.2) is 22.7 Å². The second-order valence-corrected chi connectivity index (χ2v) is 5.38. The normalized spacial score (nSPS) is 18.0. The van der Waals surface area contributed by atoms with Crippen molar-refractivity contribution >= 4 is 33.2 Å². The number of carbonyl (C=O) groups excluding carboxylic acids is 1. The highest BCUT2D eigenvalue weighted by molar-refractivity contribution is 9.10. The van der Waals surface area contributed by atoms with E-state index in [2.05, 4.69) is 21.2 Å². The highest BCUT2D eigenvalue weighted by atomic mass is 79.9. The van der Waals surface area contributed by atoms with Crippen LogP contribution < -0.4 is 10.2 Å². The number of anilines is 2. The Morgan fingerprint density at radius 2 is 2.12 bits per heavy atom. The molecule has 86 valence electrons. The van der Waals surface area contributed by atoms with Crippen molar-refractivity contribution in [3.8, 4) is 0 Å². The molecular formula is C12H15BrN2O. The van der Waals surface area contributed by atoms with Gasteiger partial charge in [0.1, 0.15) is 5.54 Å². The van der Waals surface area contributed by atoms with Crippen molar-refractivity contribution in [2.24, 2.45) is 0 Å². The molecule has 2 rings (SSSR count). The molecule has 0 bridgehead atoms. The molecule has 3 nitrogen and oxygen atoms in total. The van der Waals surface area contributed by atoms with Crippen LogP contribution in [0.25, 0.3) is 0 Å². The maximum Gasteiger partial charge on any atom is 0.252 e. The van der Waals surface area contributed by atoms with Crippen LogP contribution in [0.1, 0.15) is 20.8 Å². The van der Waals surface area contributed by atoms with E-state index in [9.17, 15) is 4.79 Å². The summed E-state index contributed by atoms with van der Waals surface area (Å²) in [4.78, 5) is 14.0. The van der Waals surface area contributed by atoms with Crippen LogP contribution in [0.5, 0.6) is 0 Å². The predicted octanol–water partition coefficient (Wildman–Crippen LogP) is 3.01. The summed E-state index contributed by atoms with van der Waals surface area (Å²) in [7, 11) is 0. The molecule has 0 aromatic heterocycles. The summed E-state index contributed by atoms with van der Waals surface area (Å²) in [5.74, 6) is 0.116. The third-order valence-corrected chi connectivity index (χ3v) is 3.29. The first-order chi connectivity index (χ1) is 7.45. The molecule has 4 heteroatoms. The summed E-state index contributed by atoms with van der Waals surface area (Å²) in [5, 5.41) is 3.27. The van der Waals surface area contributed by atoms with Crippen LogP contribution in [0, 0.1) is 0 Å². The number of nitrogens with zero attached hydrogens (tertiary/aromatic N) is 1. The van der Waals surface area contributed by atoms with Crippen molar-refractivity contribution in [3.05, 3.63) is 22.7 Å². The van der Waals surface area contributed by atoms with E-state index in [1.54, 1.807) is 0 Å². The Balaban J connectivity index is 2.55. The minimum Gasteiger partial charge on any atom is -0.370 e. The second-order valence-electron chi connectivity index (χ2n) is 4.46. The van der Waals surface area contributed by atoms with Gasteiger partial charge in [0.05, 0.1) is 11.4 Å². The summed E-state index contributed by atoms with van der Waals surface area (Å²) < 4.78 is 1.01. The van der Waals surface area contributed by atoms with Crippen molar-refractivity contribution in [2.75, 3.05) is 16.8 Å². The Morgan fingerprint density at radius 3 is 2.75 bits per heavy atom. The molecule has 0 saturated heterocycles. The van der Waals surface area contributed by atoms with Gasteiger partial charge in [-0.1, -0.05) is 15.9 Å². The zero-order chi connectivity index (χ0) is 11.9. The first-order valence-corrected chi connectivity index (χ1v) is 6.14. The SMILES string of the molecule is CCN1C(=O)C(C)(C)Nc2cc(Br)ccc21. The van der Waals surface area contributed by atoms with E-state index in [-0.39, 0.29) is 5.91 Å². The van der Waals surface area contributed by atoms with Crippen molar-refractivity contribution in [2.45, 2.75) is 26.3 Å². The molecule has 1 aromatic rings. The molecule has 0 saturated carbocycles. The Kier molecular flexibility index (Phi) is 2.70. The Labute approximate surface area is 104 Å². The molecule has 1 N–H and O–H groups in total. The summed E-state index contributed by atoms with van der Waals surface area (Å²) in [6.07, 6.45) is 0. The average Bonchev–Trinajstić information content (AvgIpc) is 2.20. The number of halogens is 1. The third kappa shape index (κ3) is 1.71. The van der Waals surface area contributed by atoms with Gasteiger partial charge in [-0.25, -0.2) is 0 Å². The minimum atomic E-state index is -0.538. The molecule has 0 aliphatic carbocycles. The lowest BCUT2D eigenvalue weighted by Gasteiger charge is -2.39. The van der Waals surface area contributed by atoms with Gasteiger partial charge in [0.25, 0.3) is 5.91 Å². The van der Waals surface area contributed by atoms with Crippen molar-refractivity contribution in [3.63, 3.8) is 0 Å². The lowest BCUT2D eigenvalue weighted by Crippen LogP contribution is -2.53. The second kappa shape index (κ2) is 3.77. The summed E-state index contributed by atoms with van der Waals surface area (Å²) in [6, 6.07) is 5.92. The molecule has 1 aromatic carbocycles. The van der Waals surface area contributed by atoms with Gasteiger partial charge in [0.15, 0.2) is 0 Å². The van der Waals surface area contributed by atoms with E-state index in [0.717, 1.165) is 15.8 Å². The summed E-state index contributed by atoms with van der Waals surface area (Å²) in [5.41, 5.74) is 1.42. The molecule has 1 amide bonds. The number of fused-ring (bicyclic) bond motifs is 1. The van der Waals surface area contributed by atoms with Crippen molar-refractivity contribution in [1.82, 2.24) is 0 Å². The number of hydrogen-bond donors (Lipinski definition) is 1. The molecule has 1 aliphatic heterocycles. The lowest BCUT2D eigenvalue weighted by molar-refractivity contribution is -0.122. The highest BCUT2D eigenvalue weighted by Crippen LogP contribution is 2.36. The van der Waals surface area contributed by atoms with Gasteiger partial charge in [-0.3, -0.25) is 4.79 Å². The zero-order valence-corrected chi connectivity index (χ0v) is 11.3. The smallest absolute Gasteiger partial charge is 0.252 e. The van der Waals surface area contributed by atoms with Crippen LogP contribution in [0.3, 0.4) is 0 Å². The molecular weight excluding hydrogens is 268 g/mol. The van der Waals surface area contributed by atoms with Crippen LogP contribution in [0.4, 0.5) is 11.4 Å². The number of likely N-dealkylation sites (N-methyl/N-ethyl adjacent to an activating group) is 1. The first kappa shape index (κ1) is 11.5. The number of rotatable bonds is 1. The molecule has 16 heavy (non-hydrogen) atoms. The van der Waals surface area contributed by atoms with Gasteiger partial charge in [-0.15, -0.1) is 0 Å². The molecule has 0 atom stereocenters. The molecule has 0 fully saturated rings. The van der Waals surface area contributed by atoms with Crippen molar-refractivity contribution in [1.29, 1.82) is 0 Å². The monoisotopic (exact) mass is 282 g/mol. The average molecular weight is 283 g/mol. The predicted molar refractivity (Wildman–Crippen MR) is 69.9 cm³/mol. The maximum atomic E-state index is 12.2. The number of nitrogens with one attached hydrogen (secondary N) is 1. The third-order valence-electron chi connectivity index (χ3n) is 2.79. The Morgan fingerprint density at radius 1 is 1.44 bits per heavy atom. The number of carbonyl (C=O) groups is 1. The molecule has 0 radical (unpaired) electrons. The van der Waals surface area contributed by atoms with Crippen LogP contribution >= 0.6 is 15.9 Å². The van der Waals surface area contributed by atoms with Gasteiger partial charge in [0, 0.05) is 11.0 Å². The molecule has 0 spiro atoms. The van der Waals surface area contributed by atoms with E-state index >= 15 is 0 Å². The van der Waals surface area contributed by atoms with Crippen LogP contribution in [-0.2, 0) is 4.79 Å². The van der Waals surface area contributed by atoms with Crippen molar-refractivity contribution < 1.29 is 4.79 Å². The maximum absolute atomic E-state index is 12.2. The number of amides is 1. The largest absolute Gasteiger partial charge is 0.370 e.